The highest BCUT2D eigenvalue weighted by atomic mass is 35.5. The molecule has 0 bridgehead atoms. The van der Waals surface area contributed by atoms with E-state index >= 15 is 0 Å². The molecule has 0 radical (unpaired) electrons. The molecule has 170 valence electrons. The summed E-state index contributed by atoms with van der Waals surface area (Å²) in [5.41, 5.74) is 0.848. The Morgan fingerprint density at radius 2 is 1.81 bits per heavy atom. The zero-order valence-corrected chi connectivity index (χ0v) is 18.5. The molecule has 2 aromatic carbocycles. The normalized spacial score (nSPS) is 19.9. The maximum Gasteiger partial charge on any atom is 0.243 e. The van der Waals surface area contributed by atoms with Crippen molar-refractivity contribution in [2.45, 2.75) is 11.3 Å². The number of hydrogen-bond donors (Lipinski definition) is 1. The van der Waals surface area contributed by atoms with Crippen LogP contribution in [-0.2, 0) is 24.3 Å². The van der Waals surface area contributed by atoms with Gasteiger partial charge in [0.1, 0.15) is 5.82 Å². The molecule has 2 heterocycles. The van der Waals surface area contributed by atoms with E-state index in [4.69, 9.17) is 16.3 Å². The summed E-state index contributed by atoms with van der Waals surface area (Å²) >= 11 is 5.80. The second-order valence-corrected chi connectivity index (χ2v) is 9.88. The van der Waals surface area contributed by atoms with Gasteiger partial charge in [0.25, 0.3) is 0 Å². The van der Waals surface area contributed by atoms with Gasteiger partial charge in [0.2, 0.25) is 21.8 Å². The Morgan fingerprint density at radius 1 is 1.12 bits per heavy atom. The first kappa shape index (κ1) is 22.7. The number of nitrogens with zero attached hydrogens (tertiary/aromatic N) is 2. The van der Waals surface area contributed by atoms with Crippen molar-refractivity contribution in [2.75, 3.05) is 43.1 Å². The number of morpholine rings is 1. The van der Waals surface area contributed by atoms with Gasteiger partial charge >= 0.3 is 0 Å². The number of rotatable bonds is 5. The highest BCUT2D eigenvalue weighted by molar-refractivity contribution is 7.89. The number of benzene rings is 2. The SMILES string of the molecule is O=C(Nc1ccc(S(=O)(=O)N2CCOCC2)cc1)C1CC(=O)N(c2ccc(F)c(Cl)c2)C1. The molecule has 32 heavy (non-hydrogen) atoms. The largest absolute Gasteiger partial charge is 0.379 e. The van der Waals surface area contributed by atoms with Gasteiger partial charge in [-0.05, 0) is 42.5 Å². The van der Waals surface area contributed by atoms with Crippen LogP contribution >= 0.6 is 11.6 Å². The highest BCUT2D eigenvalue weighted by Gasteiger charge is 2.35. The number of ether oxygens (including phenoxy) is 1. The van der Waals surface area contributed by atoms with Crippen molar-refractivity contribution in [3.63, 3.8) is 0 Å². The fourth-order valence-electron chi connectivity index (χ4n) is 3.68. The third kappa shape index (κ3) is 4.63. The van der Waals surface area contributed by atoms with Crippen LogP contribution in [0.1, 0.15) is 6.42 Å². The van der Waals surface area contributed by atoms with E-state index in [0.717, 1.165) is 0 Å². The highest BCUT2D eigenvalue weighted by Crippen LogP contribution is 2.29. The van der Waals surface area contributed by atoms with E-state index in [-0.39, 0.29) is 34.7 Å². The van der Waals surface area contributed by atoms with Crippen LogP contribution in [-0.4, -0.2) is 57.4 Å². The summed E-state index contributed by atoms with van der Waals surface area (Å²) in [5.74, 6) is -1.82. The fourth-order valence-corrected chi connectivity index (χ4v) is 5.26. The van der Waals surface area contributed by atoms with E-state index in [2.05, 4.69) is 5.32 Å². The van der Waals surface area contributed by atoms with Crippen molar-refractivity contribution in [3.8, 4) is 0 Å². The molecule has 1 atom stereocenters. The molecule has 1 N–H and O–H groups in total. The van der Waals surface area contributed by atoms with Gasteiger partial charge in [0.05, 0.1) is 29.0 Å². The molecular formula is C21H21ClFN3O5S. The monoisotopic (exact) mass is 481 g/mol. The molecule has 2 aromatic rings. The first-order valence-corrected chi connectivity index (χ1v) is 11.8. The van der Waals surface area contributed by atoms with Crippen molar-refractivity contribution in [2.24, 2.45) is 5.92 Å². The summed E-state index contributed by atoms with van der Waals surface area (Å²) in [6.07, 6.45) is 0.00429. The maximum atomic E-state index is 13.4. The summed E-state index contributed by atoms with van der Waals surface area (Å²) in [6, 6.07) is 9.86. The van der Waals surface area contributed by atoms with Crippen LogP contribution in [0.25, 0.3) is 0 Å². The quantitative estimate of drug-likeness (QED) is 0.707. The molecule has 2 fully saturated rings. The van der Waals surface area contributed by atoms with Gasteiger partial charge in [-0.2, -0.15) is 4.31 Å². The summed E-state index contributed by atoms with van der Waals surface area (Å²) in [5, 5.41) is 2.62. The fraction of sp³-hybridized carbons (Fsp3) is 0.333. The van der Waals surface area contributed by atoms with Crippen molar-refractivity contribution < 1.29 is 27.1 Å². The smallest absolute Gasteiger partial charge is 0.243 e. The van der Waals surface area contributed by atoms with Crippen LogP contribution in [0.2, 0.25) is 5.02 Å². The summed E-state index contributed by atoms with van der Waals surface area (Å²) in [4.78, 5) is 26.6. The Hall–Kier alpha value is -2.53. The van der Waals surface area contributed by atoms with Gasteiger partial charge in [0.15, 0.2) is 0 Å². The van der Waals surface area contributed by atoms with Crippen molar-refractivity contribution in [1.82, 2.24) is 4.31 Å². The summed E-state index contributed by atoms with van der Waals surface area (Å²) in [7, 11) is -3.62. The molecule has 2 saturated heterocycles. The maximum absolute atomic E-state index is 13.4. The Kier molecular flexibility index (Phi) is 6.47. The molecule has 0 aromatic heterocycles. The third-order valence-corrected chi connectivity index (χ3v) is 7.64. The minimum atomic E-state index is -3.62. The van der Waals surface area contributed by atoms with E-state index < -0.39 is 21.8 Å². The van der Waals surface area contributed by atoms with E-state index in [1.165, 1.54) is 51.7 Å². The second-order valence-electron chi connectivity index (χ2n) is 7.53. The first-order chi connectivity index (χ1) is 15.3. The number of halogens is 2. The minimum absolute atomic E-state index is 0.00429. The van der Waals surface area contributed by atoms with Crippen LogP contribution in [0.4, 0.5) is 15.8 Å². The molecule has 0 saturated carbocycles. The van der Waals surface area contributed by atoms with Gasteiger partial charge < -0.3 is 15.0 Å². The van der Waals surface area contributed by atoms with Crippen LogP contribution in [0.3, 0.4) is 0 Å². The molecule has 11 heteroatoms. The standard InChI is InChI=1S/C21H21ClFN3O5S/c22-18-12-16(3-6-19(18)23)26-13-14(11-20(26)27)21(28)24-15-1-4-17(5-2-15)32(29,30)25-7-9-31-10-8-25/h1-6,12,14H,7-11,13H2,(H,24,28). The molecule has 2 amide bonds. The van der Waals surface area contributed by atoms with Crippen LogP contribution < -0.4 is 10.2 Å². The first-order valence-electron chi connectivity index (χ1n) is 10.00. The minimum Gasteiger partial charge on any atom is -0.379 e. The van der Waals surface area contributed by atoms with Crippen molar-refractivity contribution >= 4 is 44.8 Å². The molecule has 4 rings (SSSR count). The lowest BCUT2D eigenvalue weighted by atomic mass is 10.1. The lowest BCUT2D eigenvalue weighted by Gasteiger charge is -2.26. The number of carbonyl (C=O) groups excluding carboxylic acids is 2. The average Bonchev–Trinajstić information content (AvgIpc) is 3.18. The summed E-state index contributed by atoms with van der Waals surface area (Å²) in [6.45, 7) is 1.44. The zero-order chi connectivity index (χ0) is 22.9. The third-order valence-electron chi connectivity index (χ3n) is 5.44. The van der Waals surface area contributed by atoms with Gasteiger partial charge in [0, 0.05) is 37.4 Å². The molecule has 2 aliphatic rings. The van der Waals surface area contributed by atoms with E-state index in [1.54, 1.807) is 0 Å². The molecular weight excluding hydrogens is 461 g/mol. The molecule has 0 aliphatic carbocycles. The van der Waals surface area contributed by atoms with Crippen LogP contribution in [0, 0.1) is 11.7 Å². The molecule has 8 nitrogen and oxygen atoms in total. The number of carbonyl (C=O) groups is 2. The lowest BCUT2D eigenvalue weighted by molar-refractivity contribution is -0.122. The average molecular weight is 482 g/mol. The van der Waals surface area contributed by atoms with E-state index in [1.807, 2.05) is 0 Å². The van der Waals surface area contributed by atoms with Gasteiger partial charge in [-0.3, -0.25) is 9.59 Å². The van der Waals surface area contributed by atoms with E-state index in [0.29, 0.717) is 37.7 Å². The Balaban J connectivity index is 1.41. The molecule has 2 aliphatic heterocycles. The van der Waals surface area contributed by atoms with Crippen LogP contribution in [0.5, 0.6) is 0 Å². The molecule has 0 spiro atoms. The Labute approximate surface area is 189 Å². The number of nitrogens with one attached hydrogen (secondary N) is 1. The number of anilines is 2. The van der Waals surface area contributed by atoms with Gasteiger partial charge in [-0.25, -0.2) is 12.8 Å². The summed E-state index contributed by atoms with van der Waals surface area (Å²) < 4.78 is 45.3. The number of sulfonamides is 1. The van der Waals surface area contributed by atoms with Gasteiger partial charge in [-0.15, -0.1) is 0 Å². The Morgan fingerprint density at radius 3 is 2.47 bits per heavy atom. The topological polar surface area (TPSA) is 96.0 Å². The zero-order valence-electron chi connectivity index (χ0n) is 17.0. The van der Waals surface area contributed by atoms with Crippen LogP contribution in [0.15, 0.2) is 47.4 Å². The van der Waals surface area contributed by atoms with E-state index in [9.17, 15) is 22.4 Å². The second kappa shape index (κ2) is 9.14. The van der Waals surface area contributed by atoms with Crippen molar-refractivity contribution in [1.29, 1.82) is 0 Å². The van der Waals surface area contributed by atoms with Gasteiger partial charge in [-0.1, -0.05) is 11.6 Å². The van der Waals surface area contributed by atoms with Crippen molar-refractivity contribution in [3.05, 3.63) is 53.3 Å². The molecule has 1 unspecified atom stereocenters. The lowest BCUT2D eigenvalue weighted by Crippen LogP contribution is -2.40. The predicted molar refractivity (Wildman–Crippen MR) is 117 cm³/mol. The predicted octanol–water partition coefficient (Wildman–Crippen LogP) is 2.49. The number of hydrogen-bond acceptors (Lipinski definition) is 5. The Bertz CT molecular complexity index is 1140. The number of amides is 2.